The molecule has 25 heavy (non-hydrogen) atoms. The Kier molecular flexibility index (Phi) is 4.56. The van der Waals surface area contributed by atoms with Gasteiger partial charge < -0.3 is 10.1 Å². The van der Waals surface area contributed by atoms with Gasteiger partial charge >= 0.3 is 0 Å². The molecule has 1 amide bonds. The van der Waals surface area contributed by atoms with Crippen molar-refractivity contribution in [1.29, 1.82) is 0 Å². The van der Waals surface area contributed by atoms with E-state index < -0.39 is 0 Å². The molecule has 0 aliphatic carbocycles. The summed E-state index contributed by atoms with van der Waals surface area (Å²) in [5.74, 6) is 0.522. The summed E-state index contributed by atoms with van der Waals surface area (Å²) in [4.78, 5) is 12.4. The molecule has 2 aromatic heterocycles. The summed E-state index contributed by atoms with van der Waals surface area (Å²) in [6.07, 6.45) is 0. The van der Waals surface area contributed by atoms with Crippen LogP contribution >= 0.6 is 0 Å². The number of amides is 1. The molecule has 2 heterocycles. The zero-order chi connectivity index (χ0) is 18.0. The monoisotopic (exact) mass is 339 g/mol. The number of hydrogen-bond donors (Lipinski definition) is 2. The summed E-state index contributed by atoms with van der Waals surface area (Å²) >= 11 is 0. The number of nitrogens with one attached hydrogen (secondary N) is 2. The van der Waals surface area contributed by atoms with Crippen LogP contribution in [0.25, 0.3) is 11.3 Å². The fraction of sp³-hybridized carbons (Fsp3) is 0.278. The van der Waals surface area contributed by atoms with Crippen LogP contribution in [0.2, 0.25) is 0 Å². The predicted octanol–water partition coefficient (Wildman–Crippen LogP) is 3.08. The van der Waals surface area contributed by atoms with Crippen molar-refractivity contribution >= 4 is 11.6 Å². The van der Waals surface area contributed by atoms with Gasteiger partial charge in [0, 0.05) is 24.0 Å². The van der Waals surface area contributed by atoms with Gasteiger partial charge in [0.2, 0.25) is 0 Å². The summed E-state index contributed by atoms with van der Waals surface area (Å²) in [5, 5.41) is 14.3. The second kappa shape index (κ2) is 6.80. The largest absolute Gasteiger partial charge is 0.494 e. The molecule has 0 saturated heterocycles. The van der Waals surface area contributed by atoms with Gasteiger partial charge in [0.15, 0.2) is 0 Å². The van der Waals surface area contributed by atoms with Crippen LogP contribution in [0.5, 0.6) is 5.75 Å². The van der Waals surface area contributed by atoms with Crippen LogP contribution < -0.4 is 10.1 Å². The van der Waals surface area contributed by atoms with E-state index in [1.54, 1.807) is 22.9 Å². The topological polar surface area (TPSA) is 84.8 Å². The van der Waals surface area contributed by atoms with Crippen LogP contribution in [0.4, 0.5) is 5.69 Å². The number of aromatic amines is 1. The fourth-order valence-corrected chi connectivity index (χ4v) is 2.71. The molecule has 130 valence electrons. The van der Waals surface area contributed by atoms with Gasteiger partial charge in [-0.05, 0) is 51.1 Å². The molecule has 0 atom stereocenters. The Bertz CT molecular complexity index is 893. The molecular weight excluding hydrogens is 318 g/mol. The van der Waals surface area contributed by atoms with Crippen LogP contribution in [0.1, 0.15) is 28.8 Å². The van der Waals surface area contributed by atoms with E-state index in [1.165, 1.54) is 0 Å². The Morgan fingerprint density at radius 2 is 2.00 bits per heavy atom. The first-order chi connectivity index (χ1) is 12.0. The van der Waals surface area contributed by atoms with E-state index >= 15 is 0 Å². The van der Waals surface area contributed by atoms with Crippen LogP contribution in [-0.4, -0.2) is 32.5 Å². The van der Waals surface area contributed by atoms with Gasteiger partial charge in [-0.3, -0.25) is 14.6 Å². The lowest BCUT2D eigenvalue weighted by molar-refractivity contribution is 0.102. The fourth-order valence-electron chi connectivity index (χ4n) is 2.71. The Hall–Kier alpha value is -3.09. The molecule has 0 unspecified atom stereocenters. The van der Waals surface area contributed by atoms with Crippen molar-refractivity contribution in [3.05, 3.63) is 47.4 Å². The number of benzene rings is 1. The maximum atomic E-state index is 12.4. The van der Waals surface area contributed by atoms with Gasteiger partial charge in [0.25, 0.3) is 5.91 Å². The standard InChI is InChI=1S/C18H21N5O2/c1-5-25-14-8-6-13(7-9-14)19-18(24)16-10-15(20-21-16)17-11(2)22-23(4)12(17)3/h6-10H,5H2,1-4H3,(H,19,24)(H,20,21). The summed E-state index contributed by atoms with van der Waals surface area (Å²) in [7, 11) is 1.89. The maximum absolute atomic E-state index is 12.4. The molecule has 3 aromatic rings. The van der Waals surface area contributed by atoms with Gasteiger partial charge in [-0.1, -0.05) is 0 Å². The average molecular weight is 339 g/mol. The van der Waals surface area contributed by atoms with Crippen LogP contribution in [0.3, 0.4) is 0 Å². The molecular formula is C18H21N5O2. The smallest absolute Gasteiger partial charge is 0.273 e. The number of anilines is 1. The highest BCUT2D eigenvalue weighted by atomic mass is 16.5. The third-order valence-electron chi connectivity index (χ3n) is 4.01. The second-order valence-electron chi connectivity index (χ2n) is 5.75. The van der Waals surface area contributed by atoms with Gasteiger partial charge in [-0.25, -0.2) is 0 Å². The Balaban J connectivity index is 1.76. The third-order valence-corrected chi connectivity index (χ3v) is 4.01. The minimum absolute atomic E-state index is 0.248. The summed E-state index contributed by atoms with van der Waals surface area (Å²) in [6, 6.07) is 8.98. The minimum atomic E-state index is -0.248. The third kappa shape index (κ3) is 3.40. The van der Waals surface area contributed by atoms with Crippen molar-refractivity contribution in [2.75, 3.05) is 11.9 Å². The van der Waals surface area contributed by atoms with E-state index in [2.05, 4.69) is 20.6 Å². The number of aryl methyl sites for hydroxylation is 2. The number of nitrogens with zero attached hydrogens (tertiary/aromatic N) is 3. The number of aromatic nitrogens is 4. The molecule has 7 heteroatoms. The normalized spacial score (nSPS) is 10.7. The van der Waals surface area contributed by atoms with Crippen LogP contribution in [0, 0.1) is 13.8 Å². The lowest BCUT2D eigenvalue weighted by Crippen LogP contribution is -2.12. The highest BCUT2D eigenvalue weighted by Gasteiger charge is 2.17. The molecule has 0 spiro atoms. The first-order valence-electron chi connectivity index (χ1n) is 8.09. The summed E-state index contributed by atoms with van der Waals surface area (Å²) in [6.45, 7) is 6.44. The molecule has 0 aliphatic rings. The van der Waals surface area contributed by atoms with Gasteiger partial charge in [0.1, 0.15) is 11.4 Å². The first-order valence-corrected chi connectivity index (χ1v) is 8.09. The first kappa shape index (κ1) is 16.8. The van der Waals surface area contributed by atoms with E-state index in [4.69, 9.17) is 4.74 Å². The highest BCUT2D eigenvalue weighted by molar-refractivity contribution is 6.03. The summed E-state index contributed by atoms with van der Waals surface area (Å²) < 4.78 is 7.19. The lowest BCUT2D eigenvalue weighted by Gasteiger charge is -2.06. The number of carbonyl (C=O) groups excluding carboxylic acids is 1. The van der Waals surface area contributed by atoms with Crippen molar-refractivity contribution in [3.8, 4) is 17.0 Å². The van der Waals surface area contributed by atoms with Crippen molar-refractivity contribution < 1.29 is 9.53 Å². The molecule has 0 radical (unpaired) electrons. The SMILES string of the molecule is CCOc1ccc(NC(=O)c2cc(-c3c(C)nn(C)c3C)n[nH]2)cc1. The van der Waals surface area contributed by atoms with Crippen molar-refractivity contribution in [2.45, 2.75) is 20.8 Å². The van der Waals surface area contributed by atoms with Crippen molar-refractivity contribution in [3.63, 3.8) is 0 Å². The highest BCUT2D eigenvalue weighted by Crippen LogP contribution is 2.25. The molecule has 0 fully saturated rings. The number of ether oxygens (including phenoxy) is 1. The molecule has 2 N–H and O–H groups in total. The van der Waals surface area contributed by atoms with Crippen LogP contribution in [-0.2, 0) is 7.05 Å². The Morgan fingerprint density at radius 3 is 2.60 bits per heavy atom. The number of rotatable bonds is 5. The quantitative estimate of drug-likeness (QED) is 0.748. The molecule has 0 bridgehead atoms. The zero-order valence-corrected chi connectivity index (χ0v) is 14.8. The minimum Gasteiger partial charge on any atom is -0.494 e. The van der Waals surface area contributed by atoms with Crippen molar-refractivity contribution in [1.82, 2.24) is 20.0 Å². The van der Waals surface area contributed by atoms with Crippen molar-refractivity contribution in [2.24, 2.45) is 7.05 Å². The Morgan fingerprint density at radius 1 is 1.28 bits per heavy atom. The van der Waals surface area contributed by atoms with Gasteiger partial charge in [-0.2, -0.15) is 10.2 Å². The van der Waals surface area contributed by atoms with Gasteiger partial charge in [0.05, 0.1) is 18.0 Å². The molecule has 7 nitrogen and oxygen atoms in total. The molecule has 0 saturated carbocycles. The van der Waals surface area contributed by atoms with E-state index in [9.17, 15) is 4.79 Å². The van der Waals surface area contributed by atoms with E-state index in [1.807, 2.05) is 40.0 Å². The summed E-state index contributed by atoms with van der Waals surface area (Å²) in [5.41, 5.74) is 4.62. The molecule has 3 rings (SSSR count). The van der Waals surface area contributed by atoms with Crippen LogP contribution in [0.15, 0.2) is 30.3 Å². The molecule has 0 aliphatic heterocycles. The number of hydrogen-bond acceptors (Lipinski definition) is 4. The average Bonchev–Trinajstić information content (AvgIpc) is 3.15. The van der Waals surface area contributed by atoms with E-state index in [0.29, 0.717) is 23.7 Å². The van der Waals surface area contributed by atoms with Gasteiger partial charge in [-0.15, -0.1) is 0 Å². The number of carbonyl (C=O) groups is 1. The lowest BCUT2D eigenvalue weighted by atomic mass is 10.1. The predicted molar refractivity (Wildman–Crippen MR) is 95.8 cm³/mol. The number of H-pyrrole nitrogens is 1. The second-order valence-corrected chi connectivity index (χ2v) is 5.75. The van der Waals surface area contributed by atoms with E-state index in [-0.39, 0.29) is 5.91 Å². The molecule has 1 aromatic carbocycles. The van der Waals surface area contributed by atoms with E-state index in [0.717, 1.165) is 22.7 Å². The zero-order valence-electron chi connectivity index (χ0n) is 14.8. The maximum Gasteiger partial charge on any atom is 0.273 e. The Labute approximate surface area is 146 Å².